The van der Waals surface area contributed by atoms with Gasteiger partial charge in [-0.15, -0.1) is 0 Å². The van der Waals surface area contributed by atoms with Crippen LogP contribution >= 0.6 is 11.6 Å². The molecular formula is C18H23ClN4O4. The molecule has 146 valence electrons. The fourth-order valence-electron chi connectivity index (χ4n) is 2.94. The summed E-state index contributed by atoms with van der Waals surface area (Å²) in [6, 6.07) is 6.62. The second kappa shape index (κ2) is 9.18. The predicted octanol–water partition coefficient (Wildman–Crippen LogP) is 1.51. The molecule has 1 aliphatic rings. The third-order valence-corrected chi connectivity index (χ3v) is 4.64. The number of hydrogen-bond acceptors (Lipinski definition) is 7. The van der Waals surface area contributed by atoms with E-state index >= 15 is 0 Å². The maximum absolute atomic E-state index is 13.0. The van der Waals surface area contributed by atoms with Crippen molar-refractivity contribution in [3.8, 4) is 11.3 Å². The Balaban J connectivity index is 1.87. The summed E-state index contributed by atoms with van der Waals surface area (Å²) in [4.78, 5) is 13.0. The van der Waals surface area contributed by atoms with Crippen molar-refractivity contribution >= 4 is 23.3 Å². The third kappa shape index (κ3) is 4.78. The number of piperidine rings is 1. The van der Waals surface area contributed by atoms with Gasteiger partial charge in [-0.05, 0) is 37.2 Å². The topological polar surface area (TPSA) is 109 Å². The number of amides is 1. The number of aromatic nitrogens is 1. The van der Waals surface area contributed by atoms with Crippen LogP contribution in [0.1, 0.15) is 16.8 Å². The number of aliphatic hydroxyl groups excluding tert-OH is 1. The Morgan fingerprint density at radius 3 is 2.93 bits per heavy atom. The number of ether oxygens (including phenoxy) is 1. The van der Waals surface area contributed by atoms with Gasteiger partial charge in [0.25, 0.3) is 5.91 Å². The number of halogens is 1. The molecule has 2 heterocycles. The molecule has 8 nitrogen and oxygen atoms in total. The van der Waals surface area contributed by atoms with Crippen molar-refractivity contribution in [3.05, 3.63) is 34.9 Å². The van der Waals surface area contributed by atoms with Gasteiger partial charge in [0, 0.05) is 30.8 Å². The minimum atomic E-state index is -0.647. The molecular weight excluding hydrogens is 372 g/mol. The van der Waals surface area contributed by atoms with Crippen LogP contribution in [0.3, 0.4) is 0 Å². The fraction of sp³-hybridized carbons (Fsp3) is 0.444. The number of nitrogens with zero attached hydrogens (tertiary/aromatic N) is 1. The van der Waals surface area contributed by atoms with Crippen molar-refractivity contribution < 1.29 is 19.2 Å². The summed E-state index contributed by atoms with van der Waals surface area (Å²) in [6.07, 6.45) is -0.00703. The van der Waals surface area contributed by atoms with E-state index in [0.717, 1.165) is 6.54 Å². The second-order valence-electron chi connectivity index (χ2n) is 6.30. The van der Waals surface area contributed by atoms with E-state index in [1.807, 2.05) is 0 Å². The maximum Gasteiger partial charge on any atom is 0.259 e. The van der Waals surface area contributed by atoms with Crippen molar-refractivity contribution in [1.29, 1.82) is 0 Å². The molecule has 0 bridgehead atoms. The Hall–Kier alpha value is -2.13. The molecule has 0 saturated carbocycles. The van der Waals surface area contributed by atoms with Crippen molar-refractivity contribution in [2.75, 3.05) is 38.7 Å². The number of carbonyl (C=O) groups is 1. The van der Waals surface area contributed by atoms with E-state index in [4.69, 9.17) is 20.9 Å². The summed E-state index contributed by atoms with van der Waals surface area (Å²) in [5.41, 5.74) is 0.974. The number of anilines is 1. The van der Waals surface area contributed by atoms with Crippen LogP contribution in [0.25, 0.3) is 11.3 Å². The highest BCUT2D eigenvalue weighted by molar-refractivity contribution is 6.30. The molecule has 1 fully saturated rings. The number of hydrogen-bond donors (Lipinski definition) is 4. The lowest BCUT2D eigenvalue weighted by Crippen LogP contribution is -2.52. The average molecular weight is 395 g/mol. The molecule has 2 atom stereocenters. The van der Waals surface area contributed by atoms with Crippen LogP contribution in [0.2, 0.25) is 5.02 Å². The molecule has 1 aliphatic heterocycles. The largest absolute Gasteiger partial charge is 0.390 e. The van der Waals surface area contributed by atoms with Gasteiger partial charge in [0.15, 0.2) is 11.6 Å². The minimum Gasteiger partial charge on any atom is -0.390 e. The molecule has 1 amide bonds. The average Bonchev–Trinajstić information content (AvgIpc) is 3.08. The first kappa shape index (κ1) is 19.6. The van der Waals surface area contributed by atoms with Crippen LogP contribution in [0.5, 0.6) is 0 Å². The van der Waals surface area contributed by atoms with E-state index < -0.39 is 6.10 Å². The van der Waals surface area contributed by atoms with E-state index in [1.54, 1.807) is 31.4 Å². The summed E-state index contributed by atoms with van der Waals surface area (Å²) in [5, 5.41) is 23.7. The lowest BCUT2D eigenvalue weighted by molar-refractivity contribution is 0.0766. The first-order chi connectivity index (χ1) is 13.1. The van der Waals surface area contributed by atoms with Gasteiger partial charge in [-0.3, -0.25) is 4.79 Å². The van der Waals surface area contributed by atoms with Crippen molar-refractivity contribution in [1.82, 2.24) is 15.8 Å². The molecule has 0 unspecified atom stereocenters. The zero-order valence-electron chi connectivity index (χ0n) is 15.0. The molecule has 27 heavy (non-hydrogen) atoms. The van der Waals surface area contributed by atoms with E-state index in [9.17, 15) is 9.90 Å². The Morgan fingerprint density at radius 2 is 2.22 bits per heavy atom. The first-order valence-electron chi connectivity index (χ1n) is 8.78. The van der Waals surface area contributed by atoms with Crippen molar-refractivity contribution in [3.63, 3.8) is 0 Å². The summed E-state index contributed by atoms with van der Waals surface area (Å²) >= 11 is 5.95. The van der Waals surface area contributed by atoms with Crippen LogP contribution in [0, 0.1) is 0 Å². The third-order valence-electron chi connectivity index (χ3n) is 4.39. The predicted molar refractivity (Wildman–Crippen MR) is 102 cm³/mol. The van der Waals surface area contributed by atoms with Gasteiger partial charge in [-0.1, -0.05) is 16.8 Å². The Kier molecular flexibility index (Phi) is 6.68. The van der Waals surface area contributed by atoms with Gasteiger partial charge in [-0.25, -0.2) is 0 Å². The normalized spacial score (nSPS) is 19.7. The van der Waals surface area contributed by atoms with Gasteiger partial charge in [0.05, 0.1) is 18.8 Å². The highest BCUT2D eigenvalue weighted by Crippen LogP contribution is 2.30. The lowest BCUT2D eigenvalue weighted by atomic mass is 10.0. The first-order valence-corrected chi connectivity index (χ1v) is 9.16. The van der Waals surface area contributed by atoms with E-state index in [1.165, 1.54) is 0 Å². The maximum atomic E-state index is 13.0. The summed E-state index contributed by atoms with van der Waals surface area (Å²) in [7, 11) is 1.59. The SMILES string of the molecule is COCCNc1noc(-c2ccc(Cl)cc2)c1C(=O)N[C@@H]1CCNC[C@H]1O. The number of methoxy groups -OCH3 is 1. The zero-order chi connectivity index (χ0) is 19.2. The van der Waals surface area contributed by atoms with Gasteiger partial charge in [-0.2, -0.15) is 0 Å². The van der Waals surface area contributed by atoms with Crippen LogP contribution in [0.15, 0.2) is 28.8 Å². The van der Waals surface area contributed by atoms with Gasteiger partial charge in [0.1, 0.15) is 5.56 Å². The number of carbonyl (C=O) groups excluding carboxylic acids is 1. The molecule has 1 aromatic carbocycles. The zero-order valence-corrected chi connectivity index (χ0v) is 15.8. The molecule has 0 aliphatic carbocycles. The van der Waals surface area contributed by atoms with Crippen LogP contribution in [-0.2, 0) is 4.74 Å². The van der Waals surface area contributed by atoms with Crippen LogP contribution in [-0.4, -0.2) is 61.7 Å². The molecule has 1 saturated heterocycles. The minimum absolute atomic E-state index is 0.291. The number of nitrogens with one attached hydrogen (secondary N) is 3. The smallest absolute Gasteiger partial charge is 0.259 e. The molecule has 1 aromatic heterocycles. The standard InChI is InChI=1S/C18H23ClN4O4/c1-26-9-8-21-17-15(18(25)22-13-6-7-20-10-14(13)24)16(27-23-17)11-2-4-12(19)5-3-11/h2-5,13-14,20,24H,6-10H2,1H3,(H,21,23)(H,22,25)/t13-,14-/m1/s1. The Bertz CT molecular complexity index is 765. The number of rotatable bonds is 7. The summed E-state index contributed by atoms with van der Waals surface area (Å²) < 4.78 is 10.5. The van der Waals surface area contributed by atoms with Crippen LogP contribution in [0.4, 0.5) is 5.82 Å². The van der Waals surface area contributed by atoms with Crippen molar-refractivity contribution in [2.45, 2.75) is 18.6 Å². The monoisotopic (exact) mass is 394 g/mol. The lowest BCUT2D eigenvalue weighted by Gasteiger charge is -2.29. The van der Waals surface area contributed by atoms with Crippen molar-refractivity contribution in [2.24, 2.45) is 0 Å². The second-order valence-corrected chi connectivity index (χ2v) is 6.74. The fourth-order valence-corrected chi connectivity index (χ4v) is 3.07. The molecule has 0 spiro atoms. The Labute approximate surface area is 162 Å². The molecule has 2 aromatic rings. The molecule has 0 radical (unpaired) electrons. The molecule has 4 N–H and O–H groups in total. The van der Waals surface area contributed by atoms with E-state index in [2.05, 4.69) is 21.1 Å². The number of β-amino-alcohol motifs (C(OH)–C–C–N with tert-alkyl or cyclic N) is 1. The van der Waals surface area contributed by atoms with Gasteiger partial charge < -0.3 is 30.3 Å². The Morgan fingerprint density at radius 1 is 1.44 bits per heavy atom. The highest BCUT2D eigenvalue weighted by Gasteiger charge is 2.29. The quantitative estimate of drug-likeness (QED) is 0.527. The number of aliphatic hydroxyl groups is 1. The van der Waals surface area contributed by atoms with E-state index in [0.29, 0.717) is 53.8 Å². The molecule has 9 heteroatoms. The van der Waals surface area contributed by atoms with Crippen LogP contribution < -0.4 is 16.0 Å². The van der Waals surface area contributed by atoms with Gasteiger partial charge >= 0.3 is 0 Å². The highest BCUT2D eigenvalue weighted by atomic mass is 35.5. The summed E-state index contributed by atoms with van der Waals surface area (Å²) in [5.74, 6) is 0.317. The summed E-state index contributed by atoms with van der Waals surface area (Å²) in [6.45, 7) is 2.10. The van der Waals surface area contributed by atoms with E-state index in [-0.39, 0.29) is 11.9 Å². The molecule has 3 rings (SSSR count). The van der Waals surface area contributed by atoms with Gasteiger partial charge in [0.2, 0.25) is 0 Å². The number of benzene rings is 1.